The van der Waals surface area contributed by atoms with Crippen molar-refractivity contribution in [1.29, 1.82) is 0 Å². The second-order valence-corrected chi connectivity index (χ2v) is 9.57. The molecule has 0 saturated heterocycles. The summed E-state index contributed by atoms with van der Waals surface area (Å²) in [5, 5.41) is 11.6. The molecule has 0 amide bonds. The molecule has 1 spiro atoms. The average Bonchev–Trinajstić information content (AvgIpc) is 3.34. The lowest BCUT2D eigenvalue weighted by Crippen LogP contribution is -2.46. The maximum atomic E-state index is 14.4. The lowest BCUT2D eigenvalue weighted by atomic mass is 9.62. The van der Waals surface area contributed by atoms with Gasteiger partial charge in [-0.1, -0.05) is 109 Å². The van der Waals surface area contributed by atoms with E-state index in [-0.39, 0.29) is 23.8 Å². The Balaban J connectivity index is 1.59. The molecule has 0 radical (unpaired) electrons. The van der Waals surface area contributed by atoms with Crippen LogP contribution in [0.15, 0.2) is 109 Å². The van der Waals surface area contributed by atoms with Crippen LogP contribution in [0, 0.1) is 5.92 Å². The van der Waals surface area contributed by atoms with Crippen LogP contribution < -0.4 is 0 Å². The normalized spacial score (nSPS) is 23.9. The van der Waals surface area contributed by atoms with Crippen LogP contribution in [0.2, 0.25) is 0 Å². The topological polar surface area (TPSA) is 71.4 Å². The van der Waals surface area contributed by atoms with Gasteiger partial charge in [0.15, 0.2) is 17.3 Å². The molecule has 0 unspecified atom stereocenters. The fraction of sp³-hybridized carbons (Fsp3) is 0.156. The Labute approximate surface area is 209 Å². The number of aliphatic hydroxyl groups excluding tert-OH is 1. The van der Waals surface area contributed by atoms with E-state index in [0.29, 0.717) is 27.8 Å². The molecule has 176 valence electrons. The van der Waals surface area contributed by atoms with Crippen LogP contribution in [-0.2, 0) is 5.41 Å². The van der Waals surface area contributed by atoms with Crippen molar-refractivity contribution in [2.45, 2.75) is 23.9 Å². The summed E-state index contributed by atoms with van der Waals surface area (Å²) in [5.41, 5.74) is 2.09. The molecule has 4 aromatic rings. The van der Waals surface area contributed by atoms with Crippen LogP contribution in [0.4, 0.5) is 0 Å². The Kier molecular flexibility index (Phi) is 5.27. The third kappa shape index (κ3) is 3.08. The van der Waals surface area contributed by atoms with Gasteiger partial charge < -0.3 is 5.11 Å². The van der Waals surface area contributed by atoms with Gasteiger partial charge in [-0.05, 0) is 16.7 Å². The van der Waals surface area contributed by atoms with Gasteiger partial charge in [0.1, 0.15) is 0 Å². The summed E-state index contributed by atoms with van der Waals surface area (Å²) in [7, 11) is 0. The maximum absolute atomic E-state index is 14.4. The summed E-state index contributed by atoms with van der Waals surface area (Å²) in [4.78, 5) is 42.1. The van der Waals surface area contributed by atoms with E-state index in [9.17, 15) is 19.5 Å². The molecule has 2 aliphatic rings. The van der Waals surface area contributed by atoms with Crippen LogP contribution in [0.25, 0.3) is 0 Å². The first-order valence-corrected chi connectivity index (χ1v) is 12.1. The van der Waals surface area contributed by atoms with Gasteiger partial charge in [0.05, 0.1) is 17.4 Å². The first kappa shape index (κ1) is 22.3. The predicted octanol–water partition coefficient (Wildman–Crippen LogP) is 5.72. The molecular formula is C32H24O4. The summed E-state index contributed by atoms with van der Waals surface area (Å²) < 4.78 is 0. The second-order valence-electron chi connectivity index (χ2n) is 9.57. The fourth-order valence-electron chi connectivity index (χ4n) is 6.36. The molecule has 0 heterocycles. The zero-order chi connectivity index (χ0) is 24.9. The number of rotatable bonds is 5. The third-order valence-corrected chi connectivity index (χ3v) is 7.86. The second kappa shape index (κ2) is 8.51. The molecule has 0 fully saturated rings. The highest BCUT2D eigenvalue weighted by atomic mass is 16.3. The Morgan fingerprint density at radius 3 is 1.94 bits per heavy atom. The van der Waals surface area contributed by atoms with Crippen LogP contribution in [0.5, 0.6) is 0 Å². The zero-order valence-electron chi connectivity index (χ0n) is 19.5. The average molecular weight is 473 g/mol. The molecule has 0 bridgehead atoms. The molecule has 4 nitrogen and oxygen atoms in total. The number of carbonyl (C=O) groups is 3. The number of aliphatic hydroxyl groups is 1. The summed E-state index contributed by atoms with van der Waals surface area (Å²) in [5.74, 6) is -2.25. The summed E-state index contributed by atoms with van der Waals surface area (Å²) in [6.45, 7) is 0. The number of fused-ring (bicyclic) bond motifs is 3. The minimum absolute atomic E-state index is 0.0480. The minimum Gasteiger partial charge on any atom is -0.388 e. The molecular weight excluding hydrogens is 448 g/mol. The molecule has 4 atom stereocenters. The van der Waals surface area contributed by atoms with Crippen molar-refractivity contribution >= 4 is 17.3 Å². The first-order valence-electron chi connectivity index (χ1n) is 12.1. The van der Waals surface area contributed by atoms with Gasteiger partial charge in [-0.25, -0.2) is 0 Å². The number of benzene rings is 4. The standard InChI is InChI=1S/C32H24O4/c33-27(20-11-3-1-4-12-20)19-26-22-15-7-8-16-23(22)31(36)32(26)25-18-10-9-17-24(25)30(35)28(32)29(34)21-13-5-2-6-14-21/h1-18,26,28,30,35H,19H2/t26-,28-,30+,32-/m1/s1. The smallest absolute Gasteiger partial charge is 0.175 e. The van der Waals surface area contributed by atoms with E-state index in [1.807, 2.05) is 54.6 Å². The Morgan fingerprint density at radius 1 is 0.694 bits per heavy atom. The number of Topliss-reactive ketones (excluding diaryl/α,β-unsaturated/α-hetero) is 3. The van der Waals surface area contributed by atoms with Crippen molar-refractivity contribution in [2.75, 3.05) is 0 Å². The van der Waals surface area contributed by atoms with E-state index in [1.54, 1.807) is 54.6 Å². The van der Waals surface area contributed by atoms with E-state index < -0.39 is 23.4 Å². The molecule has 36 heavy (non-hydrogen) atoms. The van der Waals surface area contributed by atoms with Gasteiger partial charge in [0, 0.05) is 29.0 Å². The van der Waals surface area contributed by atoms with Crippen LogP contribution >= 0.6 is 0 Å². The molecule has 6 rings (SSSR count). The van der Waals surface area contributed by atoms with E-state index >= 15 is 0 Å². The fourth-order valence-corrected chi connectivity index (χ4v) is 6.36. The van der Waals surface area contributed by atoms with Gasteiger partial charge >= 0.3 is 0 Å². The molecule has 0 saturated carbocycles. The van der Waals surface area contributed by atoms with Gasteiger partial charge in [0.25, 0.3) is 0 Å². The lowest BCUT2D eigenvalue weighted by Gasteiger charge is -2.37. The monoisotopic (exact) mass is 472 g/mol. The molecule has 0 aliphatic heterocycles. The Hall–Kier alpha value is -4.15. The number of ketones is 3. The highest BCUT2D eigenvalue weighted by Gasteiger charge is 2.66. The largest absolute Gasteiger partial charge is 0.388 e. The van der Waals surface area contributed by atoms with Crippen molar-refractivity contribution in [2.24, 2.45) is 5.92 Å². The molecule has 2 aliphatic carbocycles. The highest BCUT2D eigenvalue weighted by Crippen LogP contribution is 2.63. The molecule has 1 N–H and O–H groups in total. The summed E-state index contributed by atoms with van der Waals surface area (Å²) >= 11 is 0. The minimum atomic E-state index is -1.38. The number of carbonyl (C=O) groups excluding carboxylic acids is 3. The molecule has 0 aromatic heterocycles. The lowest BCUT2D eigenvalue weighted by molar-refractivity contribution is 0.0448. The Bertz CT molecular complexity index is 1490. The predicted molar refractivity (Wildman–Crippen MR) is 136 cm³/mol. The molecule has 4 aromatic carbocycles. The van der Waals surface area contributed by atoms with Crippen molar-refractivity contribution in [1.82, 2.24) is 0 Å². The zero-order valence-corrected chi connectivity index (χ0v) is 19.5. The van der Waals surface area contributed by atoms with Crippen molar-refractivity contribution < 1.29 is 19.5 Å². The summed E-state index contributed by atoms with van der Waals surface area (Å²) in [6.07, 6.45) is -1.12. The Morgan fingerprint density at radius 2 is 1.25 bits per heavy atom. The SMILES string of the molecule is O=C(C[C@@H]1c2ccccc2C(=O)[C@]12c1ccccc1[C@H](O)[C@H]2C(=O)c1ccccc1)c1ccccc1. The summed E-state index contributed by atoms with van der Waals surface area (Å²) in [6, 6.07) is 32.4. The van der Waals surface area contributed by atoms with Gasteiger partial charge in [-0.15, -0.1) is 0 Å². The van der Waals surface area contributed by atoms with Crippen molar-refractivity contribution in [3.05, 3.63) is 143 Å². The van der Waals surface area contributed by atoms with Crippen LogP contribution in [-0.4, -0.2) is 22.5 Å². The molecule has 4 heteroatoms. The first-order chi connectivity index (χ1) is 17.5. The van der Waals surface area contributed by atoms with E-state index in [0.717, 1.165) is 5.56 Å². The number of hydrogen-bond acceptors (Lipinski definition) is 4. The maximum Gasteiger partial charge on any atom is 0.175 e. The van der Waals surface area contributed by atoms with Gasteiger partial charge in [-0.2, -0.15) is 0 Å². The van der Waals surface area contributed by atoms with Crippen molar-refractivity contribution in [3.8, 4) is 0 Å². The third-order valence-electron chi connectivity index (χ3n) is 7.86. The van der Waals surface area contributed by atoms with E-state index in [4.69, 9.17) is 0 Å². The van der Waals surface area contributed by atoms with Gasteiger partial charge in [0.2, 0.25) is 0 Å². The quantitative estimate of drug-likeness (QED) is 0.377. The van der Waals surface area contributed by atoms with Crippen LogP contribution in [0.1, 0.15) is 66.2 Å². The van der Waals surface area contributed by atoms with E-state index in [1.165, 1.54) is 0 Å². The van der Waals surface area contributed by atoms with E-state index in [2.05, 4.69) is 0 Å². The van der Waals surface area contributed by atoms with Crippen LogP contribution in [0.3, 0.4) is 0 Å². The van der Waals surface area contributed by atoms with Gasteiger partial charge in [-0.3, -0.25) is 14.4 Å². The highest BCUT2D eigenvalue weighted by molar-refractivity contribution is 6.16. The number of hydrogen-bond donors (Lipinski definition) is 1. The van der Waals surface area contributed by atoms with Crippen molar-refractivity contribution in [3.63, 3.8) is 0 Å².